The average Bonchev–Trinajstić information content (AvgIpc) is 2.94. The van der Waals surface area contributed by atoms with Crippen molar-refractivity contribution in [2.24, 2.45) is 10.9 Å². The molecule has 0 fully saturated rings. The third kappa shape index (κ3) is 10.4. The molecule has 9 heteroatoms. The monoisotopic (exact) mass is 525 g/mol. The first-order valence-corrected chi connectivity index (χ1v) is 10.2. The highest BCUT2D eigenvalue weighted by atomic mass is 127. The number of carbonyl (C=O) groups is 1. The van der Waals surface area contributed by atoms with E-state index in [4.69, 9.17) is 9.73 Å². The zero-order valence-electron chi connectivity index (χ0n) is 18.4. The lowest BCUT2D eigenvalue weighted by Crippen LogP contribution is -2.40. The van der Waals surface area contributed by atoms with Crippen LogP contribution in [0.15, 0.2) is 10.4 Å². The zero-order valence-corrected chi connectivity index (χ0v) is 21.6. The first kappa shape index (κ1) is 26.9. The molecule has 1 N–H and O–H groups in total. The molecule has 1 aromatic heterocycles. The molecule has 1 unspecified atom stereocenters. The van der Waals surface area contributed by atoms with Gasteiger partial charge in [0.1, 0.15) is 5.60 Å². The fraction of sp³-hybridized carbons (Fsp3) is 0.737. The highest BCUT2D eigenvalue weighted by Gasteiger charge is 2.20. The van der Waals surface area contributed by atoms with Gasteiger partial charge in [0.15, 0.2) is 5.96 Å². The van der Waals surface area contributed by atoms with Crippen LogP contribution in [0.25, 0.3) is 0 Å². The SMILES string of the molecule is CCNC(=NCC(C)CN(C)C(=O)OC(C)(C)C)N(C)Cc1csc(C)n1.I. The molecule has 1 rings (SSSR count). The number of hydrogen-bond donors (Lipinski definition) is 1. The number of aliphatic imine (C=N–C) groups is 1. The van der Waals surface area contributed by atoms with E-state index in [1.165, 1.54) is 0 Å². The van der Waals surface area contributed by atoms with Crippen LogP contribution in [0, 0.1) is 12.8 Å². The molecule has 0 saturated carbocycles. The summed E-state index contributed by atoms with van der Waals surface area (Å²) in [6.45, 7) is 14.5. The number of hydrogen-bond acceptors (Lipinski definition) is 5. The number of guanidine groups is 1. The van der Waals surface area contributed by atoms with E-state index < -0.39 is 5.60 Å². The Balaban J connectivity index is 0.00000729. The van der Waals surface area contributed by atoms with Crippen LogP contribution in [0.2, 0.25) is 0 Å². The summed E-state index contributed by atoms with van der Waals surface area (Å²) < 4.78 is 5.40. The summed E-state index contributed by atoms with van der Waals surface area (Å²) in [5.41, 5.74) is 0.560. The van der Waals surface area contributed by atoms with Gasteiger partial charge in [-0.2, -0.15) is 0 Å². The minimum Gasteiger partial charge on any atom is -0.444 e. The van der Waals surface area contributed by atoms with Gasteiger partial charge >= 0.3 is 6.09 Å². The molecular formula is C19H36IN5O2S. The van der Waals surface area contributed by atoms with Crippen LogP contribution in [0.3, 0.4) is 0 Å². The molecule has 0 spiro atoms. The normalized spacial score (nSPS) is 12.8. The second-order valence-electron chi connectivity index (χ2n) is 7.87. The second-order valence-corrected chi connectivity index (χ2v) is 8.94. The summed E-state index contributed by atoms with van der Waals surface area (Å²) in [7, 11) is 3.77. The fourth-order valence-corrected chi connectivity index (χ4v) is 3.05. The number of ether oxygens (including phenoxy) is 1. The Morgan fingerprint density at radius 2 is 2.00 bits per heavy atom. The first-order chi connectivity index (χ1) is 12.5. The summed E-state index contributed by atoms with van der Waals surface area (Å²) in [4.78, 5) is 25.0. The fourth-order valence-electron chi connectivity index (χ4n) is 2.45. The van der Waals surface area contributed by atoms with Crippen LogP contribution in [0.5, 0.6) is 0 Å². The molecular weight excluding hydrogens is 489 g/mol. The molecule has 0 radical (unpaired) electrons. The van der Waals surface area contributed by atoms with Crippen LogP contribution in [0.4, 0.5) is 4.79 Å². The molecule has 162 valence electrons. The highest BCUT2D eigenvalue weighted by Crippen LogP contribution is 2.11. The van der Waals surface area contributed by atoms with Gasteiger partial charge in [-0.3, -0.25) is 4.99 Å². The third-order valence-electron chi connectivity index (χ3n) is 3.61. The zero-order chi connectivity index (χ0) is 20.6. The van der Waals surface area contributed by atoms with Crippen LogP contribution in [-0.2, 0) is 11.3 Å². The largest absolute Gasteiger partial charge is 0.444 e. The lowest BCUT2D eigenvalue weighted by atomic mass is 10.2. The summed E-state index contributed by atoms with van der Waals surface area (Å²) >= 11 is 1.66. The van der Waals surface area contributed by atoms with Gasteiger partial charge < -0.3 is 19.9 Å². The lowest BCUT2D eigenvalue weighted by molar-refractivity contribution is 0.0279. The molecule has 0 aliphatic heterocycles. The van der Waals surface area contributed by atoms with Crippen molar-refractivity contribution < 1.29 is 9.53 Å². The minimum atomic E-state index is -0.484. The van der Waals surface area contributed by atoms with Crippen molar-refractivity contribution in [2.75, 3.05) is 33.7 Å². The van der Waals surface area contributed by atoms with Gasteiger partial charge in [-0.1, -0.05) is 6.92 Å². The van der Waals surface area contributed by atoms with E-state index in [2.05, 4.69) is 34.4 Å². The topological polar surface area (TPSA) is 70.1 Å². The molecule has 0 bridgehead atoms. The van der Waals surface area contributed by atoms with Gasteiger partial charge in [0.05, 0.1) is 17.2 Å². The summed E-state index contributed by atoms with van der Waals surface area (Å²) in [5, 5.41) is 6.46. The maximum Gasteiger partial charge on any atom is 0.410 e. The van der Waals surface area contributed by atoms with Crippen molar-refractivity contribution in [3.05, 3.63) is 16.1 Å². The summed E-state index contributed by atoms with van der Waals surface area (Å²) in [6, 6.07) is 0. The van der Waals surface area contributed by atoms with E-state index in [1.807, 2.05) is 34.7 Å². The standard InChI is InChI=1S/C19H35N5O2S.HI/c1-9-20-17(23(7)12-16-13-27-15(3)22-16)21-10-14(2)11-24(8)18(25)26-19(4,5)6;/h13-14H,9-12H2,1-8H3,(H,20,21);1H. The summed E-state index contributed by atoms with van der Waals surface area (Å²) in [5.74, 6) is 1.06. The Bertz CT molecular complexity index is 630. The maximum atomic E-state index is 12.1. The van der Waals surface area contributed by atoms with E-state index in [-0.39, 0.29) is 36.0 Å². The van der Waals surface area contributed by atoms with Crippen molar-refractivity contribution in [1.82, 2.24) is 20.1 Å². The molecule has 1 heterocycles. The van der Waals surface area contributed by atoms with Crippen molar-refractivity contribution in [3.63, 3.8) is 0 Å². The van der Waals surface area contributed by atoms with Crippen molar-refractivity contribution >= 4 is 47.4 Å². The Morgan fingerprint density at radius 3 is 2.50 bits per heavy atom. The molecule has 1 amide bonds. The third-order valence-corrected chi connectivity index (χ3v) is 4.43. The van der Waals surface area contributed by atoms with Gasteiger partial charge in [-0.25, -0.2) is 9.78 Å². The first-order valence-electron chi connectivity index (χ1n) is 9.36. The molecule has 1 atom stereocenters. The number of nitrogens with zero attached hydrogens (tertiary/aromatic N) is 4. The van der Waals surface area contributed by atoms with Gasteiger partial charge in [-0.15, -0.1) is 35.3 Å². The molecule has 0 aliphatic carbocycles. The smallest absolute Gasteiger partial charge is 0.410 e. The molecule has 0 saturated heterocycles. The number of carbonyl (C=O) groups excluding carboxylic acids is 1. The van der Waals surface area contributed by atoms with Gasteiger partial charge in [0.25, 0.3) is 0 Å². The second kappa shape index (κ2) is 12.5. The molecule has 1 aromatic rings. The van der Waals surface area contributed by atoms with E-state index >= 15 is 0 Å². The Labute approximate surface area is 191 Å². The molecule has 28 heavy (non-hydrogen) atoms. The minimum absolute atomic E-state index is 0. The van der Waals surface area contributed by atoms with Crippen LogP contribution < -0.4 is 5.32 Å². The Hall–Kier alpha value is -1.10. The number of rotatable bonds is 7. The van der Waals surface area contributed by atoms with E-state index in [9.17, 15) is 4.79 Å². The van der Waals surface area contributed by atoms with Crippen molar-refractivity contribution in [2.45, 2.75) is 53.7 Å². The molecule has 7 nitrogen and oxygen atoms in total. The number of aromatic nitrogens is 1. The van der Waals surface area contributed by atoms with Crippen molar-refractivity contribution in [1.29, 1.82) is 0 Å². The van der Waals surface area contributed by atoms with Crippen LogP contribution in [0.1, 0.15) is 45.3 Å². The number of halogens is 1. The van der Waals surface area contributed by atoms with Crippen LogP contribution in [-0.4, -0.2) is 66.2 Å². The predicted octanol–water partition coefficient (Wildman–Crippen LogP) is 3.97. The highest BCUT2D eigenvalue weighted by molar-refractivity contribution is 14.0. The Morgan fingerprint density at radius 1 is 1.36 bits per heavy atom. The van der Waals surface area contributed by atoms with E-state index in [0.717, 1.165) is 23.2 Å². The van der Waals surface area contributed by atoms with Gasteiger partial charge in [0, 0.05) is 39.1 Å². The summed E-state index contributed by atoms with van der Waals surface area (Å²) in [6.07, 6.45) is -0.304. The van der Waals surface area contributed by atoms with Crippen LogP contribution >= 0.6 is 35.3 Å². The number of amides is 1. The van der Waals surface area contributed by atoms with E-state index in [1.54, 1.807) is 23.3 Å². The van der Waals surface area contributed by atoms with Gasteiger partial charge in [-0.05, 0) is 40.5 Å². The lowest BCUT2D eigenvalue weighted by Gasteiger charge is -2.26. The molecule has 0 aliphatic rings. The van der Waals surface area contributed by atoms with Crippen molar-refractivity contribution in [3.8, 4) is 0 Å². The molecule has 0 aromatic carbocycles. The number of thiazole rings is 1. The Kier molecular flexibility index (Phi) is 12.0. The van der Waals surface area contributed by atoms with E-state index in [0.29, 0.717) is 19.6 Å². The maximum absolute atomic E-state index is 12.1. The number of aryl methyl sites for hydroxylation is 1. The quantitative estimate of drug-likeness (QED) is 0.332. The van der Waals surface area contributed by atoms with Gasteiger partial charge in [0.2, 0.25) is 0 Å². The predicted molar refractivity (Wildman–Crippen MR) is 128 cm³/mol. The average molecular weight is 526 g/mol. The number of nitrogens with one attached hydrogen (secondary N) is 1.